The number of ether oxygens (including phenoxy) is 2. The lowest BCUT2D eigenvalue weighted by Gasteiger charge is -2.37. The van der Waals surface area contributed by atoms with E-state index in [1.54, 1.807) is 12.1 Å². The van der Waals surface area contributed by atoms with Crippen molar-refractivity contribution in [1.29, 1.82) is 0 Å². The van der Waals surface area contributed by atoms with Gasteiger partial charge in [0.1, 0.15) is 6.61 Å². The van der Waals surface area contributed by atoms with Gasteiger partial charge in [0, 0.05) is 30.0 Å². The molecule has 1 N–H and O–H groups in total. The maximum Gasteiger partial charge on any atom is 0.269 e. The maximum absolute atomic E-state index is 10.9. The maximum atomic E-state index is 10.9. The van der Waals surface area contributed by atoms with Crippen LogP contribution in [0.15, 0.2) is 102 Å². The van der Waals surface area contributed by atoms with Crippen LogP contribution in [0, 0.1) is 23.0 Å². The molecular weight excluding hydrogens is 526 g/mol. The number of aliphatic imine (C=N–C) groups is 1. The second-order valence-electron chi connectivity index (χ2n) is 10.8. The van der Waals surface area contributed by atoms with Crippen molar-refractivity contribution in [2.24, 2.45) is 10.9 Å². The Bertz CT molecular complexity index is 1640. The van der Waals surface area contributed by atoms with Gasteiger partial charge in [0.15, 0.2) is 11.5 Å². The number of aryl methyl sites for hydroxylation is 1. The van der Waals surface area contributed by atoms with Gasteiger partial charge >= 0.3 is 0 Å². The highest BCUT2D eigenvalue weighted by molar-refractivity contribution is 5.83. The Morgan fingerprint density at radius 3 is 2.55 bits per heavy atom. The molecule has 0 unspecified atom stereocenters. The molecule has 0 saturated heterocycles. The van der Waals surface area contributed by atoms with Crippen molar-refractivity contribution in [2.45, 2.75) is 38.8 Å². The lowest BCUT2D eigenvalue weighted by atomic mass is 9.76. The first-order chi connectivity index (χ1) is 20.5. The third-order valence-corrected chi connectivity index (χ3v) is 7.94. The van der Waals surface area contributed by atoms with E-state index in [0.717, 1.165) is 23.2 Å². The van der Waals surface area contributed by atoms with Gasteiger partial charge in [0.05, 0.1) is 23.3 Å². The third kappa shape index (κ3) is 5.77. The minimum absolute atomic E-state index is 0.0540. The summed E-state index contributed by atoms with van der Waals surface area (Å²) in [6.07, 6.45) is 7.60. The van der Waals surface area contributed by atoms with E-state index in [0.29, 0.717) is 29.9 Å². The molecule has 0 saturated carbocycles. The SMILES string of the molecule is CCOc1cc(C=Nc2ccc([C@@H]3Nc4ccc(C)cc4[C@@H]4C=CC[C@@H]43)cc2)ccc1OCc1ccc([N+](=O)[O-])cc1. The normalized spacial score (nSPS) is 18.8. The van der Waals surface area contributed by atoms with Crippen LogP contribution in [0.2, 0.25) is 0 Å². The van der Waals surface area contributed by atoms with Gasteiger partial charge in [0.2, 0.25) is 0 Å². The predicted molar refractivity (Wildman–Crippen MR) is 166 cm³/mol. The third-order valence-electron chi connectivity index (χ3n) is 7.94. The zero-order valence-electron chi connectivity index (χ0n) is 23.7. The fourth-order valence-electron chi connectivity index (χ4n) is 5.83. The smallest absolute Gasteiger partial charge is 0.269 e. The molecule has 212 valence electrons. The van der Waals surface area contributed by atoms with Gasteiger partial charge in [0.25, 0.3) is 5.69 Å². The van der Waals surface area contributed by atoms with Crippen LogP contribution in [0.4, 0.5) is 17.1 Å². The fourth-order valence-corrected chi connectivity index (χ4v) is 5.83. The Morgan fingerprint density at radius 1 is 0.976 bits per heavy atom. The molecule has 7 nitrogen and oxygen atoms in total. The Morgan fingerprint density at radius 2 is 1.79 bits per heavy atom. The summed E-state index contributed by atoms with van der Waals surface area (Å²) in [5, 5.41) is 14.7. The highest BCUT2D eigenvalue weighted by Gasteiger charge is 2.37. The first-order valence-corrected chi connectivity index (χ1v) is 14.3. The summed E-state index contributed by atoms with van der Waals surface area (Å²) in [7, 11) is 0. The average molecular weight is 560 g/mol. The van der Waals surface area contributed by atoms with Crippen molar-refractivity contribution in [3.05, 3.63) is 135 Å². The molecule has 2 aliphatic rings. The number of rotatable bonds is 9. The van der Waals surface area contributed by atoms with Crippen LogP contribution in [0.3, 0.4) is 0 Å². The van der Waals surface area contributed by atoms with Crippen molar-refractivity contribution in [1.82, 2.24) is 0 Å². The number of hydrogen-bond acceptors (Lipinski definition) is 6. The minimum atomic E-state index is -0.414. The standard InChI is InChI=1S/C35H33N3O4/c1-3-41-34-20-25(10-18-33(34)42-22-24-8-15-28(16-9-24)38(39)40)21-36-27-13-11-26(12-14-27)35-30-6-4-5-29(30)31-19-23(2)7-17-32(31)37-35/h4-5,7-21,29-30,35,37H,3,6,22H2,1-2H3/t29-,30+,35+/m1/s1. The fraction of sp³-hybridized carbons (Fsp3) is 0.229. The van der Waals surface area contributed by atoms with Crippen LogP contribution >= 0.6 is 0 Å². The van der Waals surface area contributed by atoms with Gasteiger partial charge < -0.3 is 14.8 Å². The van der Waals surface area contributed by atoms with Gasteiger partial charge in [-0.05, 0) is 97.0 Å². The second-order valence-corrected chi connectivity index (χ2v) is 10.8. The van der Waals surface area contributed by atoms with Gasteiger partial charge in [-0.2, -0.15) is 0 Å². The average Bonchev–Trinajstić information content (AvgIpc) is 3.51. The molecule has 4 aromatic rings. The van der Waals surface area contributed by atoms with E-state index in [-0.39, 0.29) is 18.3 Å². The van der Waals surface area contributed by atoms with Crippen LogP contribution in [0.25, 0.3) is 0 Å². The molecule has 3 atom stereocenters. The number of non-ortho nitro benzene ring substituents is 1. The summed E-state index contributed by atoms with van der Waals surface area (Å²) >= 11 is 0. The van der Waals surface area contributed by atoms with Crippen LogP contribution in [-0.2, 0) is 6.61 Å². The Hall–Kier alpha value is -4.91. The Labute approximate surface area is 245 Å². The van der Waals surface area contributed by atoms with E-state index in [1.165, 1.54) is 34.5 Å². The number of fused-ring (bicyclic) bond motifs is 3. The Kier molecular flexibility index (Phi) is 7.73. The summed E-state index contributed by atoms with van der Waals surface area (Å²) < 4.78 is 11.8. The van der Waals surface area contributed by atoms with Crippen LogP contribution in [0.1, 0.15) is 53.1 Å². The highest BCUT2D eigenvalue weighted by Crippen LogP contribution is 2.50. The summed E-state index contributed by atoms with van der Waals surface area (Å²) in [5.74, 6) is 2.18. The zero-order valence-corrected chi connectivity index (χ0v) is 23.7. The molecule has 0 bridgehead atoms. The molecule has 0 fully saturated rings. The van der Waals surface area contributed by atoms with E-state index in [4.69, 9.17) is 14.5 Å². The van der Waals surface area contributed by atoms with Gasteiger partial charge in [-0.25, -0.2) is 0 Å². The summed E-state index contributed by atoms with van der Waals surface area (Å²) in [6, 6.07) is 27.5. The quantitative estimate of drug-likeness (QED) is 0.0962. The monoisotopic (exact) mass is 559 g/mol. The lowest BCUT2D eigenvalue weighted by molar-refractivity contribution is -0.384. The summed E-state index contributed by atoms with van der Waals surface area (Å²) in [4.78, 5) is 15.2. The van der Waals surface area contributed by atoms with Crippen molar-refractivity contribution < 1.29 is 14.4 Å². The van der Waals surface area contributed by atoms with Crippen LogP contribution < -0.4 is 14.8 Å². The second kappa shape index (κ2) is 11.9. The number of allylic oxidation sites excluding steroid dienone is 2. The van der Waals surface area contributed by atoms with Gasteiger partial charge in [-0.1, -0.05) is 42.0 Å². The van der Waals surface area contributed by atoms with Gasteiger partial charge in [-0.3, -0.25) is 15.1 Å². The Balaban J connectivity index is 1.13. The molecule has 1 heterocycles. The zero-order chi connectivity index (χ0) is 29.1. The predicted octanol–water partition coefficient (Wildman–Crippen LogP) is 8.46. The molecule has 42 heavy (non-hydrogen) atoms. The summed E-state index contributed by atoms with van der Waals surface area (Å²) in [6.45, 7) is 4.85. The van der Waals surface area contributed by atoms with Crippen molar-refractivity contribution in [3.63, 3.8) is 0 Å². The lowest BCUT2D eigenvalue weighted by Crippen LogP contribution is -2.29. The van der Waals surface area contributed by atoms with E-state index >= 15 is 0 Å². The molecule has 1 aliphatic carbocycles. The summed E-state index contributed by atoms with van der Waals surface area (Å²) in [5.41, 5.74) is 7.86. The first-order valence-electron chi connectivity index (χ1n) is 14.3. The number of nitro groups is 1. The van der Waals surface area contributed by atoms with Crippen molar-refractivity contribution in [2.75, 3.05) is 11.9 Å². The van der Waals surface area contributed by atoms with Crippen LogP contribution in [0.5, 0.6) is 11.5 Å². The minimum Gasteiger partial charge on any atom is -0.490 e. The van der Waals surface area contributed by atoms with Crippen LogP contribution in [-0.4, -0.2) is 17.7 Å². The van der Waals surface area contributed by atoms with E-state index < -0.39 is 4.92 Å². The topological polar surface area (TPSA) is 86.0 Å². The number of nitrogens with one attached hydrogen (secondary N) is 1. The molecule has 0 amide bonds. The largest absolute Gasteiger partial charge is 0.490 e. The number of nitro benzene ring substituents is 1. The molecule has 7 heteroatoms. The highest BCUT2D eigenvalue weighted by atomic mass is 16.6. The molecule has 6 rings (SSSR count). The van der Waals surface area contributed by atoms with Crippen molar-refractivity contribution in [3.8, 4) is 11.5 Å². The first kappa shape index (κ1) is 27.3. The van der Waals surface area contributed by atoms with E-state index in [9.17, 15) is 10.1 Å². The number of nitrogens with zero attached hydrogens (tertiary/aromatic N) is 2. The molecule has 0 spiro atoms. The molecule has 0 aromatic heterocycles. The molecule has 1 aliphatic heterocycles. The van der Waals surface area contributed by atoms with Gasteiger partial charge in [-0.15, -0.1) is 0 Å². The van der Waals surface area contributed by atoms with E-state index in [2.05, 4.69) is 66.9 Å². The number of benzene rings is 4. The van der Waals surface area contributed by atoms with E-state index in [1.807, 2.05) is 31.3 Å². The molecular formula is C35H33N3O4. The molecule has 4 aromatic carbocycles. The van der Waals surface area contributed by atoms with Crippen molar-refractivity contribution >= 4 is 23.3 Å². The number of hydrogen-bond donors (Lipinski definition) is 1. The number of anilines is 1. The molecule has 0 radical (unpaired) electrons.